The van der Waals surface area contributed by atoms with E-state index < -0.39 is 11.8 Å². The molecule has 3 aromatic carbocycles. The normalized spacial score (nSPS) is 12.9. The van der Waals surface area contributed by atoms with Crippen molar-refractivity contribution in [2.24, 2.45) is 0 Å². The standard InChI is InChI=1S/C29H22N2O4/c1-17(29(35)30-18(2)32)13-20-16-31(26-10-6-5-7-21(20)26)15-19-11-12-24-25(14-19)28(34)23-9-4-3-8-22(23)27(24)33/h3-14,16H,15H2,1-2H3,(H,30,32,35)/b17-13+. The molecular weight excluding hydrogens is 440 g/mol. The molecule has 0 spiro atoms. The van der Waals surface area contributed by atoms with Gasteiger partial charge in [0.2, 0.25) is 5.91 Å². The average molecular weight is 463 g/mol. The van der Waals surface area contributed by atoms with E-state index in [0.717, 1.165) is 22.0 Å². The molecule has 1 aliphatic rings. The molecule has 0 saturated carbocycles. The fourth-order valence-electron chi connectivity index (χ4n) is 4.52. The van der Waals surface area contributed by atoms with Crippen LogP contribution < -0.4 is 5.32 Å². The number of aromatic nitrogens is 1. The molecule has 2 amide bonds. The van der Waals surface area contributed by atoms with Crippen molar-refractivity contribution in [1.82, 2.24) is 9.88 Å². The van der Waals surface area contributed by atoms with Crippen LogP contribution in [0.1, 0.15) is 56.8 Å². The molecule has 1 N–H and O–H groups in total. The topological polar surface area (TPSA) is 85.2 Å². The van der Waals surface area contributed by atoms with Gasteiger partial charge in [0.15, 0.2) is 11.6 Å². The second-order valence-electron chi connectivity index (χ2n) is 8.65. The van der Waals surface area contributed by atoms with Crippen LogP contribution in [0.2, 0.25) is 0 Å². The minimum absolute atomic E-state index is 0.139. The highest BCUT2D eigenvalue weighted by atomic mass is 16.2. The average Bonchev–Trinajstić information content (AvgIpc) is 3.19. The predicted octanol–water partition coefficient (Wildman–Crippen LogP) is 4.53. The smallest absolute Gasteiger partial charge is 0.253 e. The molecule has 6 heteroatoms. The van der Waals surface area contributed by atoms with Gasteiger partial charge in [-0.15, -0.1) is 0 Å². The van der Waals surface area contributed by atoms with Crippen LogP contribution in [0.3, 0.4) is 0 Å². The molecule has 4 aromatic rings. The van der Waals surface area contributed by atoms with Crippen molar-refractivity contribution < 1.29 is 19.2 Å². The van der Waals surface area contributed by atoms with Crippen LogP contribution in [-0.2, 0) is 16.1 Å². The zero-order chi connectivity index (χ0) is 24.7. The Kier molecular flexibility index (Phi) is 5.49. The summed E-state index contributed by atoms with van der Waals surface area (Å²) in [7, 11) is 0. The van der Waals surface area contributed by atoms with E-state index in [1.807, 2.05) is 41.1 Å². The lowest BCUT2D eigenvalue weighted by Crippen LogP contribution is -2.28. The zero-order valence-electron chi connectivity index (χ0n) is 19.3. The van der Waals surface area contributed by atoms with Crippen LogP contribution in [0.4, 0.5) is 0 Å². The van der Waals surface area contributed by atoms with E-state index in [1.54, 1.807) is 49.4 Å². The predicted molar refractivity (Wildman–Crippen MR) is 133 cm³/mol. The summed E-state index contributed by atoms with van der Waals surface area (Å²) < 4.78 is 2.04. The molecule has 0 fully saturated rings. The van der Waals surface area contributed by atoms with E-state index in [4.69, 9.17) is 0 Å². The van der Waals surface area contributed by atoms with Gasteiger partial charge in [-0.25, -0.2) is 0 Å². The number of rotatable bonds is 4. The van der Waals surface area contributed by atoms with Crippen LogP contribution in [0.5, 0.6) is 0 Å². The van der Waals surface area contributed by atoms with Gasteiger partial charge in [-0.1, -0.05) is 48.5 Å². The molecular formula is C29H22N2O4. The van der Waals surface area contributed by atoms with Gasteiger partial charge in [0.05, 0.1) is 0 Å². The Labute approximate surface area is 201 Å². The SMILES string of the molecule is CC(=O)NC(=O)/C(C)=C/c1cn(Cc2ccc3c(c2)C(=O)c2ccccc2C3=O)c2ccccc12. The van der Waals surface area contributed by atoms with Crippen molar-refractivity contribution in [3.8, 4) is 0 Å². The monoisotopic (exact) mass is 462 g/mol. The summed E-state index contributed by atoms with van der Waals surface area (Å²) in [5.74, 6) is -1.13. The Balaban J connectivity index is 1.52. The highest BCUT2D eigenvalue weighted by molar-refractivity contribution is 6.28. The first-order chi connectivity index (χ1) is 16.8. The number of carbonyl (C=O) groups excluding carboxylic acids is 4. The second-order valence-corrected chi connectivity index (χ2v) is 8.65. The first kappa shape index (κ1) is 22.2. The lowest BCUT2D eigenvalue weighted by Gasteiger charge is -2.18. The fraction of sp³-hybridized carbons (Fsp3) is 0.103. The van der Waals surface area contributed by atoms with Gasteiger partial charge >= 0.3 is 0 Å². The molecule has 1 heterocycles. The third-order valence-corrected chi connectivity index (χ3v) is 6.18. The van der Waals surface area contributed by atoms with Crippen LogP contribution >= 0.6 is 0 Å². The first-order valence-electron chi connectivity index (χ1n) is 11.2. The van der Waals surface area contributed by atoms with Gasteiger partial charge in [-0.3, -0.25) is 24.5 Å². The number of nitrogens with zero attached hydrogens (tertiary/aromatic N) is 1. The van der Waals surface area contributed by atoms with E-state index in [2.05, 4.69) is 5.32 Å². The van der Waals surface area contributed by atoms with Crippen LogP contribution in [0, 0.1) is 0 Å². The van der Waals surface area contributed by atoms with Gasteiger partial charge < -0.3 is 4.57 Å². The minimum Gasteiger partial charge on any atom is -0.342 e. The summed E-state index contributed by atoms with van der Waals surface area (Å²) in [5, 5.41) is 3.25. The number of hydrogen-bond donors (Lipinski definition) is 1. The van der Waals surface area contributed by atoms with E-state index in [0.29, 0.717) is 34.4 Å². The number of ketones is 2. The molecule has 0 atom stereocenters. The number of amides is 2. The lowest BCUT2D eigenvalue weighted by molar-refractivity contribution is -0.127. The van der Waals surface area contributed by atoms with E-state index in [1.165, 1.54) is 6.92 Å². The molecule has 0 saturated heterocycles. The molecule has 35 heavy (non-hydrogen) atoms. The number of benzene rings is 3. The third-order valence-electron chi connectivity index (χ3n) is 6.18. The van der Waals surface area contributed by atoms with Gasteiger partial charge in [-0.05, 0) is 36.8 Å². The van der Waals surface area contributed by atoms with Crippen molar-refractivity contribution in [3.63, 3.8) is 0 Å². The number of hydrogen-bond acceptors (Lipinski definition) is 4. The van der Waals surface area contributed by atoms with Crippen LogP contribution in [-0.4, -0.2) is 27.9 Å². The minimum atomic E-state index is -0.438. The summed E-state index contributed by atoms with van der Waals surface area (Å²) in [6, 6.07) is 20.1. The zero-order valence-corrected chi connectivity index (χ0v) is 19.3. The summed E-state index contributed by atoms with van der Waals surface area (Å²) in [4.78, 5) is 49.5. The number of nitrogens with one attached hydrogen (secondary N) is 1. The van der Waals surface area contributed by atoms with Crippen LogP contribution in [0.15, 0.2) is 78.5 Å². The highest BCUT2D eigenvalue weighted by Gasteiger charge is 2.29. The van der Waals surface area contributed by atoms with Crippen molar-refractivity contribution in [2.45, 2.75) is 20.4 Å². The van der Waals surface area contributed by atoms with Crippen molar-refractivity contribution >= 4 is 40.4 Å². The van der Waals surface area contributed by atoms with Gasteiger partial charge in [-0.2, -0.15) is 0 Å². The molecule has 0 unspecified atom stereocenters. The van der Waals surface area contributed by atoms with E-state index >= 15 is 0 Å². The maximum absolute atomic E-state index is 13.1. The summed E-state index contributed by atoms with van der Waals surface area (Å²) in [5.41, 5.74) is 4.81. The van der Waals surface area contributed by atoms with Crippen molar-refractivity contribution in [2.75, 3.05) is 0 Å². The number of imide groups is 1. The molecule has 1 aromatic heterocycles. The largest absolute Gasteiger partial charge is 0.342 e. The Morgan fingerprint density at radius 2 is 1.46 bits per heavy atom. The maximum atomic E-state index is 13.1. The second kappa shape index (κ2) is 8.65. The Bertz CT molecular complexity index is 1590. The quantitative estimate of drug-likeness (QED) is 0.398. The van der Waals surface area contributed by atoms with Gasteiger partial charge in [0.1, 0.15) is 0 Å². The molecule has 0 radical (unpaired) electrons. The van der Waals surface area contributed by atoms with Crippen molar-refractivity contribution in [1.29, 1.82) is 0 Å². The Morgan fingerprint density at radius 3 is 2.17 bits per heavy atom. The number of para-hydroxylation sites is 1. The molecule has 172 valence electrons. The Hall–Kier alpha value is -4.58. The number of fused-ring (bicyclic) bond motifs is 3. The molecule has 5 rings (SSSR count). The highest BCUT2D eigenvalue weighted by Crippen LogP contribution is 2.29. The summed E-state index contributed by atoms with van der Waals surface area (Å²) in [6.45, 7) is 3.43. The number of carbonyl (C=O) groups is 4. The van der Waals surface area contributed by atoms with E-state index in [9.17, 15) is 19.2 Å². The van der Waals surface area contributed by atoms with Crippen molar-refractivity contribution in [3.05, 3.63) is 112 Å². The van der Waals surface area contributed by atoms with Crippen LogP contribution in [0.25, 0.3) is 17.0 Å². The van der Waals surface area contributed by atoms with Gasteiger partial charge in [0, 0.05) is 64.0 Å². The molecule has 1 aliphatic carbocycles. The lowest BCUT2D eigenvalue weighted by atomic mass is 9.83. The first-order valence-corrected chi connectivity index (χ1v) is 11.2. The molecule has 6 nitrogen and oxygen atoms in total. The molecule has 0 bridgehead atoms. The summed E-state index contributed by atoms with van der Waals surface area (Å²) >= 11 is 0. The van der Waals surface area contributed by atoms with Gasteiger partial charge in [0.25, 0.3) is 5.91 Å². The molecule has 0 aliphatic heterocycles. The van der Waals surface area contributed by atoms with E-state index in [-0.39, 0.29) is 11.6 Å². The Morgan fingerprint density at radius 1 is 0.829 bits per heavy atom. The third kappa shape index (κ3) is 3.99. The fourth-order valence-corrected chi connectivity index (χ4v) is 4.52. The summed E-state index contributed by atoms with van der Waals surface area (Å²) in [6.07, 6.45) is 3.69. The maximum Gasteiger partial charge on any atom is 0.253 e.